The SMILES string of the molecule is O=C(O)C1CCCN(C(=O)N2CCCCC2)C1. The van der Waals surface area contributed by atoms with Gasteiger partial charge in [-0.25, -0.2) is 4.79 Å². The van der Waals surface area contributed by atoms with Crippen LogP contribution in [-0.2, 0) is 4.79 Å². The molecule has 2 aliphatic heterocycles. The molecule has 0 aromatic heterocycles. The number of carbonyl (C=O) groups is 2. The highest BCUT2D eigenvalue weighted by atomic mass is 16.4. The number of carboxylic acid groups (broad SMARTS) is 1. The zero-order chi connectivity index (χ0) is 12.3. The van der Waals surface area contributed by atoms with Gasteiger partial charge in [0.15, 0.2) is 0 Å². The fourth-order valence-electron chi connectivity index (χ4n) is 2.64. The lowest BCUT2D eigenvalue weighted by Gasteiger charge is -2.36. The summed E-state index contributed by atoms with van der Waals surface area (Å²) in [6.07, 6.45) is 4.83. The van der Waals surface area contributed by atoms with Crippen molar-refractivity contribution in [2.24, 2.45) is 5.92 Å². The van der Waals surface area contributed by atoms with E-state index in [1.165, 1.54) is 6.42 Å². The second kappa shape index (κ2) is 5.38. The molecule has 96 valence electrons. The van der Waals surface area contributed by atoms with Gasteiger partial charge >= 0.3 is 12.0 Å². The molecule has 0 bridgehead atoms. The predicted octanol–water partition coefficient (Wildman–Crippen LogP) is 1.39. The predicted molar refractivity (Wildman–Crippen MR) is 62.8 cm³/mol. The average Bonchev–Trinajstić information content (AvgIpc) is 2.39. The van der Waals surface area contributed by atoms with E-state index in [-0.39, 0.29) is 11.9 Å². The van der Waals surface area contributed by atoms with Crippen molar-refractivity contribution in [3.05, 3.63) is 0 Å². The molecule has 5 nitrogen and oxygen atoms in total. The molecule has 1 N–H and O–H groups in total. The number of rotatable bonds is 1. The Balaban J connectivity index is 1.91. The summed E-state index contributed by atoms with van der Waals surface area (Å²) >= 11 is 0. The molecule has 2 fully saturated rings. The van der Waals surface area contributed by atoms with E-state index in [1.54, 1.807) is 4.90 Å². The molecule has 0 aromatic carbocycles. The van der Waals surface area contributed by atoms with Crippen LogP contribution >= 0.6 is 0 Å². The molecule has 2 aliphatic rings. The fourth-order valence-corrected chi connectivity index (χ4v) is 2.64. The van der Waals surface area contributed by atoms with Gasteiger partial charge in [0.05, 0.1) is 5.92 Å². The first-order valence-electron chi connectivity index (χ1n) is 6.45. The molecule has 2 amide bonds. The van der Waals surface area contributed by atoms with Crippen molar-refractivity contribution < 1.29 is 14.7 Å². The molecular formula is C12H20N2O3. The first kappa shape index (κ1) is 12.2. The van der Waals surface area contributed by atoms with Crippen molar-refractivity contribution in [1.29, 1.82) is 0 Å². The number of nitrogens with zero attached hydrogens (tertiary/aromatic N) is 2. The van der Waals surface area contributed by atoms with Crippen LogP contribution in [-0.4, -0.2) is 53.1 Å². The largest absolute Gasteiger partial charge is 0.481 e. The molecule has 5 heteroatoms. The number of hydrogen-bond donors (Lipinski definition) is 1. The number of hydrogen-bond acceptors (Lipinski definition) is 2. The van der Waals surface area contributed by atoms with Crippen LogP contribution in [0.4, 0.5) is 4.79 Å². The van der Waals surface area contributed by atoms with Crippen LogP contribution in [0, 0.1) is 5.92 Å². The third kappa shape index (κ3) is 2.90. The van der Waals surface area contributed by atoms with Gasteiger partial charge in [0.2, 0.25) is 0 Å². The summed E-state index contributed by atoms with van der Waals surface area (Å²) in [6, 6.07) is 0.0376. The number of amides is 2. The lowest BCUT2D eigenvalue weighted by molar-refractivity contribution is -0.143. The minimum absolute atomic E-state index is 0.0376. The Bertz CT molecular complexity index is 300. The first-order chi connectivity index (χ1) is 8.18. The standard InChI is InChI=1S/C12H20N2O3/c15-11(16)10-5-4-8-14(9-10)12(17)13-6-2-1-3-7-13/h10H,1-9H2,(H,15,16). The molecule has 17 heavy (non-hydrogen) atoms. The summed E-state index contributed by atoms with van der Waals surface area (Å²) < 4.78 is 0. The van der Waals surface area contributed by atoms with Gasteiger partial charge in [-0.05, 0) is 32.1 Å². The quantitative estimate of drug-likeness (QED) is 0.753. The van der Waals surface area contributed by atoms with Crippen molar-refractivity contribution in [1.82, 2.24) is 9.80 Å². The van der Waals surface area contributed by atoms with Gasteiger partial charge in [0, 0.05) is 26.2 Å². The maximum atomic E-state index is 12.2. The van der Waals surface area contributed by atoms with Crippen LogP contribution in [0.25, 0.3) is 0 Å². The van der Waals surface area contributed by atoms with Crippen LogP contribution < -0.4 is 0 Å². The molecule has 2 rings (SSSR count). The van der Waals surface area contributed by atoms with Gasteiger partial charge < -0.3 is 14.9 Å². The average molecular weight is 240 g/mol. The highest BCUT2D eigenvalue weighted by molar-refractivity contribution is 5.76. The molecule has 1 atom stereocenters. The normalized spacial score (nSPS) is 25.8. The van der Waals surface area contributed by atoms with E-state index in [9.17, 15) is 9.59 Å². The second-order valence-corrected chi connectivity index (χ2v) is 4.95. The molecule has 2 saturated heterocycles. The number of carbonyl (C=O) groups excluding carboxylic acids is 1. The molecule has 0 aliphatic carbocycles. The van der Waals surface area contributed by atoms with E-state index >= 15 is 0 Å². The van der Waals surface area contributed by atoms with Gasteiger partial charge in [-0.1, -0.05) is 0 Å². The summed E-state index contributed by atoms with van der Waals surface area (Å²) in [7, 11) is 0. The Kier molecular flexibility index (Phi) is 3.86. The zero-order valence-corrected chi connectivity index (χ0v) is 10.1. The zero-order valence-electron chi connectivity index (χ0n) is 10.1. The van der Waals surface area contributed by atoms with Crippen molar-refractivity contribution in [3.63, 3.8) is 0 Å². The lowest BCUT2D eigenvalue weighted by atomic mass is 9.98. The van der Waals surface area contributed by atoms with Crippen LogP contribution in [0.15, 0.2) is 0 Å². The van der Waals surface area contributed by atoms with E-state index in [1.807, 2.05) is 4.90 Å². The molecule has 0 saturated carbocycles. The van der Waals surface area contributed by atoms with E-state index < -0.39 is 5.97 Å². The van der Waals surface area contributed by atoms with Gasteiger partial charge in [-0.15, -0.1) is 0 Å². The molecule has 0 aromatic rings. The first-order valence-corrected chi connectivity index (χ1v) is 6.45. The van der Waals surface area contributed by atoms with E-state index in [4.69, 9.17) is 5.11 Å². The van der Waals surface area contributed by atoms with Gasteiger partial charge in [-0.3, -0.25) is 4.79 Å². The molecule has 0 radical (unpaired) electrons. The minimum Gasteiger partial charge on any atom is -0.481 e. The van der Waals surface area contributed by atoms with Crippen molar-refractivity contribution >= 4 is 12.0 Å². The van der Waals surface area contributed by atoms with Crippen LogP contribution in [0.5, 0.6) is 0 Å². The monoisotopic (exact) mass is 240 g/mol. The third-order valence-corrected chi connectivity index (χ3v) is 3.67. The Morgan fingerprint density at radius 2 is 1.59 bits per heavy atom. The van der Waals surface area contributed by atoms with Crippen LogP contribution in [0.3, 0.4) is 0 Å². The topological polar surface area (TPSA) is 60.9 Å². The van der Waals surface area contributed by atoms with E-state index in [0.29, 0.717) is 19.5 Å². The Labute approximate surface area is 101 Å². The maximum Gasteiger partial charge on any atom is 0.320 e. The summed E-state index contributed by atoms with van der Waals surface area (Å²) in [6.45, 7) is 2.74. The summed E-state index contributed by atoms with van der Waals surface area (Å²) in [5.41, 5.74) is 0. The van der Waals surface area contributed by atoms with Crippen LogP contribution in [0.1, 0.15) is 32.1 Å². The van der Waals surface area contributed by atoms with Crippen molar-refractivity contribution in [2.75, 3.05) is 26.2 Å². The van der Waals surface area contributed by atoms with Crippen molar-refractivity contribution in [3.8, 4) is 0 Å². The van der Waals surface area contributed by atoms with Gasteiger partial charge in [-0.2, -0.15) is 0 Å². The molecule has 0 spiro atoms. The molecule has 2 heterocycles. The number of urea groups is 1. The Morgan fingerprint density at radius 1 is 0.941 bits per heavy atom. The van der Waals surface area contributed by atoms with E-state index in [0.717, 1.165) is 32.4 Å². The highest BCUT2D eigenvalue weighted by Gasteiger charge is 2.30. The van der Waals surface area contributed by atoms with Gasteiger partial charge in [0.1, 0.15) is 0 Å². The number of likely N-dealkylation sites (tertiary alicyclic amines) is 2. The maximum absolute atomic E-state index is 12.2. The number of carboxylic acids is 1. The van der Waals surface area contributed by atoms with Crippen molar-refractivity contribution in [2.45, 2.75) is 32.1 Å². The lowest BCUT2D eigenvalue weighted by Crippen LogP contribution is -2.50. The number of aliphatic carboxylic acids is 1. The molecule has 1 unspecified atom stereocenters. The highest BCUT2D eigenvalue weighted by Crippen LogP contribution is 2.19. The summed E-state index contributed by atoms with van der Waals surface area (Å²) in [5.74, 6) is -1.15. The third-order valence-electron chi connectivity index (χ3n) is 3.67. The van der Waals surface area contributed by atoms with Crippen LogP contribution in [0.2, 0.25) is 0 Å². The minimum atomic E-state index is -0.777. The van der Waals surface area contributed by atoms with E-state index in [2.05, 4.69) is 0 Å². The molecular weight excluding hydrogens is 220 g/mol. The summed E-state index contributed by atoms with van der Waals surface area (Å²) in [4.78, 5) is 26.7. The Hall–Kier alpha value is -1.26. The smallest absolute Gasteiger partial charge is 0.320 e. The summed E-state index contributed by atoms with van der Waals surface area (Å²) in [5, 5.41) is 9.00. The second-order valence-electron chi connectivity index (χ2n) is 4.95. The Morgan fingerprint density at radius 3 is 2.24 bits per heavy atom. The number of piperidine rings is 2. The fraction of sp³-hybridized carbons (Fsp3) is 0.833. The van der Waals surface area contributed by atoms with Gasteiger partial charge in [0.25, 0.3) is 0 Å².